The number of rotatable bonds is 2. The molecule has 0 N–H and O–H groups in total. The molecule has 0 unspecified atom stereocenters. The van der Waals surface area contributed by atoms with Gasteiger partial charge in [0, 0.05) is 44.6 Å². The molecule has 0 aromatic carbocycles. The molecule has 2 fully saturated rings. The van der Waals surface area contributed by atoms with Gasteiger partial charge in [0.2, 0.25) is 0 Å². The smallest absolute Gasteiger partial charge is 0.0592 e. The van der Waals surface area contributed by atoms with Crippen LogP contribution in [0.2, 0.25) is 0 Å². The fraction of sp³-hybridized carbons (Fsp3) is 0.643. The Morgan fingerprint density at radius 3 is 2.50 bits per heavy atom. The van der Waals surface area contributed by atoms with Gasteiger partial charge in [-0.3, -0.25) is 9.88 Å². The third-order valence-corrected chi connectivity index (χ3v) is 4.86. The number of hydrogen-bond acceptors (Lipinski definition) is 3. The lowest BCUT2D eigenvalue weighted by Gasteiger charge is -2.39. The molecule has 0 bridgehead atoms. The predicted molar refractivity (Wildman–Crippen MR) is 78.0 cm³/mol. The van der Waals surface area contributed by atoms with E-state index < -0.39 is 0 Å². The maximum atomic E-state index is 4.13. The van der Waals surface area contributed by atoms with Gasteiger partial charge in [-0.2, -0.15) is 0 Å². The van der Waals surface area contributed by atoms with Crippen molar-refractivity contribution in [2.24, 2.45) is 0 Å². The minimum atomic E-state index is 0.869. The molecule has 1 aromatic rings. The summed E-state index contributed by atoms with van der Waals surface area (Å²) < 4.78 is 1.11. The van der Waals surface area contributed by atoms with E-state index in [0.717, 1.165) is 23.6 Å². The molecule has 0 atom stereocenters. The van der Waals surface area contributed by atoms with Crippen molar-refractivity contribution in [1.82, 2.24) is 9.88 Å². The minimum absolute atomic E-state index is 0.869. The number of hydrogen-bond donors (Lipinski definition) is 0. The summed E-state index contributed by atoms with van der Waals surface area (Å²) in [5.74, 6) is 0. The SMILES string of the molecule is Brc1cnccc1N1CCN(C2CCCC2)CC1. The Morgan fingerprint density at radius 1 is 1.11 bits per heavy atom. The first-order valence-electron chi connectivity index (χ1n) is 6.93. The normalized spacial score (nSPS) is 22.6. The Morgan fingerprint density at radius 2 is 1.83 bits per heavy atom. The average molecular weight is 310 g/mol. The van der Waals surface area contributed by atoms with Crippen LogP contribution in [0.4, 0.5) is 5.69 Å². The molecule has 4 heteroatoms. The summed E-state index contributed by atoms with van der Waals surface area (Å²) in [5.41, 5.74) is 1.29. The van der Waals surface area contributed by atoms with Crippen LogP contribution in [0, 0.1) is 0 Å². The summed E-state index contributed by atoms with van der Waals surface area (Å²) in [5, 5.41) is 0. The summed E-state index contributed by atoms with van der Waals surface area (Å²) in [6, 6.07) is 2.98. The summed E-state index contributed by atoms with van der Waals surface area (Å²) in [6.45, 7) is 4.69. The molecule has 1 saturated heterocycles. The van der Waals surface area contributed by atoms with Crippen LogP contribution in [0.3, 0.4) is 0 Å². The van der Waals surface area contributed by atoms with Crippen LogP contribution in [-0.2, 0) is 0 Å². The van der Waals surface area contributed by atoms with Crippen molar-refractivity contribution in [2.45, 2.75) is 31.7 Å². The van der Waals surface area contributed by atoms with Crippen LogP contribution < -0.4 is 4.90 Å². The Bertz CT molecular complexity index is 396. The van der Waals surface area contributed by atoms with E-state index in [-0.39, 0.29) is 0 Å². The van der Waals surface area contributed by atoms with Gasteiger partial charge >= 0.3 is 0 Å². The van der Waals surface area contributed by atoms with Crippen LogP contribution in [0.5, 0.6) is 0 Å². The number of aromatic nitrogens is 1. The van der Waals surface area contributed by atoms with Gasteiger partial charge in [-0.05, 0) is 34.8 Å². The number of pyridine rings is 1. The molecule has 18 heavy (non-hydrogen) atoms. The highest BCUT2D eigenvalue weighted by Gasteiger charge is 2.26. The quantitative estimate of drug-likeness (QED) is 0.837. The van der Waals surface area contributed by atoms with Crippen LogP contribution in [-0.4, -0.2) is 42.1 Å². The van der Waals surface area contributed by atoms with E-state index in [1.807, 2.05) is 12.4 Å². The predicted octanol–water partition coefficient (Wildman–Crippen LogP) is 2.91. The highest BCUT2D eigenvalue weighted by atomic mass is 79.9. The van der Waals surface area contributed by atoms with Gasteiger partial charge in [-0.25, -0.2) is 0 Å². The second kappa shape index (κ2) is 5.57. The molecule has 1 aliphatic carbocycles. The second-order valence-corrected chi connectivity index (χ2v) is 6.14. The van der Waals surface area contributed by atoms with E-state index in [9.17, 15) is 0 Å². The summed E-state index contributed by atoms with van der Waals surface area (Å²) in [4.78, 5) is 9.30. The van der Waals surface area contributed by atoms with Crippen LogP contribution in [0.1, 0.15) is 25.7 Å². The highest BCUT2D eigenvalue weighted by Crippen LogP contribution is 2.28. The van der Waals surface area contributed by atoms with Gasteiger partial charge in [0.25, 0.3) is 0 Å². The molecular formula is C14H20BrN3. The van der Waals surface area contributed by atoms with E-state index in [0.29, 0.717) is 0 Å². The number of nitrogens with zero attached hydrogens (tertiary/aromatic N) is 3. The number of halogens is 1. The van der Waals surface area contributed by atoms with Crippen molar-refractivity contribution in [3.05, 3.63) is 22.9 Å². The Kier molecular flexibility index (Phi) is 3.85. The Hall–Kier alpha value is -0.610. The lowest BCUT2D eigenvalue weighted by Crippen LogP contribution is -2.49. The molecule has 2 aliphatic rings. The van der Waals surface area contributed by atoms with Crippen molar-refractivity contribution in [1.29, 1.82) is 0 Å². The monoisotopic (exact) mass is 309 g/mol. The third-order valence-electron chi connectivity index (χ3n) is 4.25. The highest BCUT2D eigenvalue weighted by molar-refractivity contribution is 9.10. The van der Waals surface area contributed by atoms with Crippen LogP contribution in [0.25, 0.3) is 0 Å². The van der Waals surface area contributed by atoms with Crippen LogP contribution in [0.15, 0.2) is 22.9 Å². The zero-order chi connectivity index (χ0) is 12.4. The van der Waals surface area contributed by atoms with Crippen molar-refractivity contribution < 1.29 is 0 Å². The lowest BCUT2D eigenvalue weighted by atomic mass is 10.1. The molecule has 1 aliphatic heterocycles. The third kappa shape index (κ3) is 2.54. The van der Waals surface area contributed by atoms with Crippen molar-refractivity contribution in [3.8, 4) is 0 Å². The zero-order valence-electron chi connectivity index (χ0n) is 10.7. The first-order valence-corrected chi connectivity index (χ1v) is 7.72. The summed E-state index contributed by atoms with van der Waals surface area (Å²) in [7, 11) is 0. The van der Waals surface area contributed by atoms with Gasteiger partial charge in [-0.1, -0.05) is 12.8 Å². The second-order valence-electron chi connectivity index (χ2n) is 5.29. The van der Waals surface area contributed by atoms with E-state index in [1.165, 1.54) is 44.5 Å². The fourth-order valence-electron chi connectivity index (χ4n) is 3.22. The molecule has 3 rings (SSSR count). The first-order chi connectivity index (χ1) is 8.84. The molecule has 1 saturated carbocycles. The molecule has 3 nitrogen and oxygen atoms in total. The standard InChI is InChI=1S/C14H20BrN3/c15-13-11-16-6-5-14(13)18-9-7-17(8-10-18)12-3-1-2-4-12/h5-6,11-12H,1-4,7-10H2. The molecule has 1 aromatic heterocycles. The molecule has 0 amide bonds. The molecule has 0 spiro atoms. The minimum Gasteiger partial charge on any atom is -0.368 e. The molecule has 0 radical (unpaired) electrons. The Labute approximate surface area is 117 Å². The van der Waals surface area contributed by atoms with E-state index in [2.05, 4.69) is 36.8 Å². The van der Waals surface area contributed by atoms with Gasteiger partial charge in [0.1, 0.15) is 0 Å². The van der Waals surface area contributed by atoms with Gasteiger partial charge < -0.3 is 4.90 Å². The molecule has 98 valence electrons. The van der Waals surface area contributed by atoms with E-state index >= 15 is 0 Å². The lowest BCUT2D eigenvalue weighted by molar-refractivity contribution is 0.187. The van der Waals surface area contributed by atoms with E-state index in [1.54, 1.807) is 0 Å². The van der Waals surface area contributed by atoms with Crippen molar-refractivity contribution in [3.63, 3.8) is 0 Å². The first kappa shape index (κ1) is 12.4. The van der Waals surface area contributed by atoms with Gasteiger partial charge in [-0.15, -0.1) is 0 Å². The van der Waals surface area contributed by atoms with Gasteiger partial charge in [0.15, 0.2) is 0 Å². The zero-order valence-corrected chi connectivity index (χ0v) is 12.3. The van der Waals surface area contributed by atoms with E-state index in [4.69, 9.17) is 0 Å². The van der Waals surface area contributed by atoms with Crippen LogP contribution >= 0.6 is 15.9 Å². The average Bonchev–Trinajstić information content (AvgIpc) is 2.94. The summed E-state index contributed by atoms with van der Waals surface area (Å²) >= 11 is 3.60. The largest absolute Gasteiger partial charge is 0.368 e. The van der Waals surface area contributed by atoms with Gasteiger partial charge in [0.05, 0.1) is 10.2 Å². The fourth-order valence-corrected chi connectivity index (χ4v) is 3.72. The Balaban J connectivity index is 1.61. The summed E-state index contributed by atoms with van der Waals surface area (Å²) in [6.07, 6.45) is 9.46. The number of anilines is 1. The number of piperazine rings is 1. The van der Waals surface area contributed by atoms with Crippen molar-refractivity contribution in [2.75, 3.05) is 31.1 Å². The molecule has 2 heterocycles. The topological polar surface area (TPSA) is 19.4 Å². The molecular weight excluding hydrogens is 290 g/mol. The van der Waals surface area contributed by atoms with Crippen molar-refractivity contribution >= 4 is 21.6 Å². The maximum Gasteiger partial charge on any atom is 0.0592 e. The maximum absolute atomic E-state index is 4.13.